The Bertz CT molecular complexity index is 1380. The minimum absolute atomic E-state index is 0.372. The quantitative estimate of drug-likeness (QED) is 0.291. The number of hydrogen-bond donors (Lipinski definition) is 0. The molecule has 4 aromatic carbocycles. The van der Waals surface area contributed by atoms with Gasteiger partial charge in [-0.1, -0.05) is 39.8 Å². The summed E-state index contributed by atoms with van der Waals surface area (Å²) < 4.78 is 17.4. The van der Waals surface area contributed by atoms with E-state index in [9.17, 15) is 0 Å². The zero-order valence-corrected chi connectivity index (χ0v) is 21.9. The lowest BCUT2D eigenvalue weighted by Gasteiger charge is -2.21. The van der Waals surface area contributed by atoms with Gasteiger partial charge in [-0.25, -0.2) is 0 Å². The Balaban J connectivity index is 2.09. The molecule has 0 aliphatic heterocycles. The molecule has 0 atom stereocenters. The summed E-state index contributed by atoms with van der Waals surface area (Å²) in [5.41, 5.74) is 7.31. The predicted molar refractivity (Wildman–Crippen MR) is 144 cm³/mol. The number of hydrogen-bond acceptors (Lipinski definition) is 3. The summed E-state index contributed by atoms with van der Waals surface area (Å²) in [6.45, 7) is 13.3. The van der Waals surface area contributed by atoms with Crippen molar-refractivity contribution in [2.45, 2.75) is 53.4 Å². The zero-order valence-electron chi connectivity index (χ0n) is 21.9. The van der Waals surface area contributed by atoms with Gasteiger partial charge in [-0.2, -0.15) is 0 Å². The first-order valence-corrected chi connectivity index (χ1v) is 12.0. The fourth-order valence-electron chi connectivity index (χ4n) is 5.13. The van der Waals surface area contributed by atoms with E-state index in [1.807, 2.05) is 0 Å². The largest absolute Gasteiger partial charge is 0.497 e. The van der Waals surface area contributed by atoms with Gasteiger partial charge in [0.1, 0.15) is 17.2 Å². The fourth-order valence-corrected chi connectivity index (χ4v) is 5.13. The van der Waals surface area contributed by atoms with Crippen LogP contribution in [-0.2, 0) is 0 Å². The van der Waals surface area contributed by atoms with Gasteiger partial charge < -0.3 is 14.2 Å². The highest BCUT2D eigenvalue weighted by Crippen LogP contribution is 2.45. The van der Waals surface area contributed by atoms with Crippen LogP contribution in [0, 0.1) is 13.8 Å². The van der Waals surface area contributed by atoms with Crippen molar-refractivity contribution in [2.75, 3.05) is 21.3 Å². The first kappa shape index (κ1) is 23.9. The van der Waals surface area contributed by atoms with Gasteiger partial charge in [0.2, 0.25) is 0 Å². The lowest BCUT2D eigenvalue weighted by atomic mass is 9.86. The van der Waals surface area contributed by atoms with Crippen LogP contribution < -0.4 is 14.2 Å². The van der Waals surface area contributed by atoms with Gasteiger partial charge in [-0.05, 0) is 100.0 Å². The summed E-state index contributed by atoms with van der Waals surface area (Å²) in [5.74, 6) is 3.41. The SMILES string of the molecule is COc1cc(C(C)C)c2cc(C)c(-c3c(C)cc4c(C(C)C)cc(OC)cc4c3OC)cc2c1. The van der Waals surface area contributed by atoms with Crippen LogP contribution in [0.5, 0.6) is 17.2 Å². The normalized spacial score (nSPS) is 11.6. The van der Waals surface area contributed by atoms with Crippen LogP contribution in [0.2, 0.25) is 0 Å². The summed E-state index contributed by atoms with van der Waals surface area (Å²) in [6, 6.07) is 15.4. The molecule has 3 heteroatoms. The summed E-state index contributed by atoms with van der Waals surface area (Å²) in [7, 11) is 5.22. The van der Waals surface area contributed by atoms with E-state index in [1.165, 1.54) is 44.0 Å². The van der Waals surface area contributed by atoms with Crippen LogP contribution in [0.3, 0.4) is 0 Å². The number of benzene rings is 4. The van der Waals surface area contributed by atoms with Crippen molar-refractivity contribution in [1.82, 2.24) is 0 Å². The van der Waals surface area contributed by atoms with Crippen LogP contribution in [0.25, 0.3) is 32.7 Å². The molecule has 0 unspecified atom stereocenters. The molecule has 0 aromatic heterocycles. The second-order valence-electron chi connectivity index (χ2n) is 9.83. The second-order valence-corrected chi connectivity index (χ2v) is 9.83. The molecular formula is C31H36O3. The molecule has 0 aliphatic carbocycles. The number of aryl methyl sites for hydroxylation is 2. The third-order valence-electron chi connectivity index (χ3n) is 6.90. The maximum atomic E-state index is 6.12. The molecule has 0 bridgehead atoms. The van der Waals surface area contributed by atoms with Crippen molar-refractivity contribution < 1.29 is 14.2 Å². The van der Waals surface area contributed by atoms with Crippen LogP contribution in [0.1, 0.15) is 61.8 Å². The van der Waals surface area contributed by atoms with Gasteiger partial charge in [-0.3, -0.25) is 0 Å². The van der Waals surface area contributed by atoms with Crippen molar-refractivity contribution in [2.24, 2.45) is 0 Å². The van der Waals surface area contributed by atoms with E-state index in [1.54, 1.807) is 21.3 Å². The molecule has 0 fully saturated rings. The predicted octanol–water partition coefficient (Wildman–Crippen LogP) is 8.55. The molecule has 0 heterocycles. The molecule has 178 valence electrons. The summed E-state index contributed by atoms with van der Waals surface area (Å²) in [4.78, 5) is 0. The molecule has 34 heavy (non-hydrogen) atoms. The zero-order chi connectivity index (χ0) is 24.7. The van der Waals surface area contributed by atoms with E-state index in [2.05, 4.69) is 84.0 Å². The Morgan fingerprint density at radius 3 is 1.68 bits per heavy atom. The summed E-state index contributed by atoms with van der Waals surface area (Å²) in [5, 5.41) is 4.76. The molecule has 4 rings (SSSR count). The number of methoxy groups -OCH3 is 3. The standard InChI is InChI=1S/C31H36O3/c1-17(2)24-14-22(32-7)12-21-13-26(19(5)10-27(21)24)30-20(6)11-28-25(18(3)4)15-23(33-8)16-29(28)31(30)34-9/h10-18H,1-9H3. The van der Waals surface area contributed by atoms with Crippen molar-refractivity contribution in [3.63, 3.8) is 0 Å². The lowest BCUT2D eigenvalue weighted by molar-refractivity contribution is 0.412. The van der Waals surface area contributed by atoms with E-state index < -0.39 is 0 Å². The highest BCUT2D eigenvalue weighted by molar-refractivity contribution is 6.02. The van der Waals surface area contributed by atoms with Gasteiger partial charge in [0.15, 0.2) is 0 Å². The minimum Gasteiger partial charge on any atom is -0.497 e. The van der Waals surface area contributed by atoms with Crippen LogP contribution in [0.4, 0.5) is 0 Å². The smallest absolute Gasteiger partial charge is 0.134 e. The Hall–Kier alpha value is -3.20. The monoisotopic (exact) mass is 456 g/mol. The van der Waals surface area contributed by atoms with Crippen molar-refractivity contribution >= 4 is 21.5 Å². The molecule has 0 N–H and O–H groups in total. The lowest BCUT2D eigenvalue weighted by Crippen LogP contribution is -1.99. The average Bonchev–Trinajstić information content (AvgIpc) is 2.81. The molecule has 0 spiro atoms. The van der Waals surface area contributed by atoms with E-state index in [4.69, 9.17) is 14.2 Å². The number of ether oxygens (including phenoxy) is 3. The third-order valence-corrected chi connectivity index (χ3v) is 6.90. The average molecular weight is 457 g/mol. The number of rotatable bonds is 6. The Morgan fingerprint density at radius 1 is 0.559 bits per heavy atom. The van der Waals surface area contributed by atoms with Gasteiger partial charge in [0.25, 0.3) is 0 Å². The van der Waals surface area contributed by atoms with Crippen LogP contribution >= 0.6 is 0 Å². The van der Waals surface area contributed by atoms with Gasteiger partial charge >= 0.3 is 0 Å². The van der Waals surface area contributed by atoms with Crippen molar-refractivity contribution in [1.29, 1.82) is 0 Å². The fraction of sp³-hybridized carbons (Fsp3) is 0.355. The van der Waals surface area contributed by atoms with Crippen molar-refractivity contribution in [3.05, 3.63) is 64.7 Å². The molecule has 0 saturated heterocycles. The van der Waals surface area contributed by atoms with E-state index in [-0.39, 0.29) is 0 Å². The molecule has 0 radical (unpaired) electrons. The highest BCUT2D eigenvalue weighted by atomic mass is 16.5. The highest BCUT2D eigenvalue weighted by Gasteiger charge is 2.20. The van der Waals surface area contributed by atoms with Gasteiger partial charge in [0, 0.05) is 10.9 Å². The Labute approximate surface area is 203 Å². The first-order chi connectivity index (χ1) is 16.2. The second kappa shape index (κ2) is 9.21. The summed E-state index contributed by atoms with van der Waals surface area (Å²) >= 11 is 0. The Kier molecular flexibility index (Phi) is 6.49. The van der Waals surface area contributed by atoms with Crippen LogP contribution in [0.15, 0.2) is 42.5 Å². The molecule has 3 nitrogen and oxygen atoms in total. The molecule has 0 saturated carbocycles. The first-order valence-electron chi connectivity index (χ1n) is 12.0. The maximum absolute atomic E-state index is 6.12. The topological polar surface area (TPSA) is 27.7 Å². The van der Waals surface area contributed by atoms with Gasteiger partial charge in [0.05, 0.1) is 21.3 Å². The maximum Gasteiger partial charge on any atom is 0.134 e. The van der Waals surface area contributed by atoms with Crippen LogP contribution in [-0.4, -0.2) is 21.3 Å². The van der Waals surface area contributed by atoms with E-state index in [0.29, 0.717) is 11.8 Å². The molecular weight excluding hydrogens is 420 g/mol. The van der Waals surface area contributed by atoms with E-state index >= 15 is 0 Å². The molecule has 0 aliphatic rings. The minimum atomic E-state index is 0.372. The molecule has 0 amide bonds. The van der Waals surface area contributed by atoms with E-state index in [0.717, 1.165) is 28.2 Å². The summed E-state index contributed by atoms with van der Waals surface area (Å²) in [6.07, 6.45) is 0. The van der Waals surface area contributed by atoms with Gasteiger partial charge in [-0.15, -0.1) is 0 Å². The number of fused-ring (bicyclic) bond motifs is 2. The third kappa shape index (κ3) is 3.98. The molecule has 4 aromatic rings. The Morgan fingerprint density at radius 2 is 1.12 bits per heavy atom. The van der Waals surface area contributed by atoms with Crippen molar-refractivity contribution in [3.8, 4) is 28.4 Å².